The lowest BCUT2D eigenvalue weighted by Gasteiger charge is -2.12. The van der Waals surface area contributed by atoms with E-state index in [1.807, 2.05) is 38.1 Å². The standard InChI is InChI=1S/C15H19N3O2/c1-10-6-11(2)18(15(19)17-10)9-12-4-5-14(20-3)13(7-12)8-16/h4-7H,8-9,16H2,1-3H3. The van der Waals surface area contributed by atoms with E-state index in [1.54, 1.807) is 11.7 Å². The van der Waals surface area contributed by atoms with E-state index in [0.29, 0.717) is 13.1 Å². The van der Waals surface area contributed by atoms with Gasteiger partial charge in [0.1, 0.15) is 5.75 Å². The van der Waals surface area contributed by atoms with Crippen molar-refractivity contribution in [2.75, 3.05) is 7.11 Å². The van der Waals surface area contributed by atoms with Crippen molar-refractivity contribution in [2.24, 2.45) is 5.73 Å². The van der Waals surface area contributed by atoms with Crippen LogP contribution in [0.3, 0.4) is 0 Å². The lowest BCUT2D eigenvalue weighted by atomic mass is 10.1. The zero-order valence-electron chi connectivity index (χ0n) is 12.0. The molecule has 1 aromatic heterocycles. The van der Waals surface area contributed by atoms with Gasteiger partial charge in [-0.3, -0.25) is 4.57 Å². The number of hydrogen-bond donors (Lipinski definition) is 1. The summed E-state index contributed by atoms with van der Waals surface area (Å²) in [5, 5.41) is 0. The largest absolute Gasteiger partial charge is 0.496 e. The maximum Gasteiger partial charge on any atom is 0.348 e. The third-order valence-electron chi connectivity index (χ3n) is 3.25. The van der Waals surface area contributed by atoms with Gasteiger partial charge in [-0.25, -0.2) is 4.79 Å². The highest BCUT2D eigenvalue weighted by Gasteiger charge is 2.07. The SMILES string of the molecule is COc1ccc(Cn2c(C)cc(C)nc2=O)cc1CN. The van der Waals surface area contributed by atoms with Crippen molar-refractivity contribution in [2.45, 2.75) is 26.9 Å². The molecule has 0 saturated carbocycles. The first kappa shape index (κ1) is 14.3. The van der Waals surface area contributed by atoms with E-state index in [2.05, 4.69) is 4.98 Å². The summed E-state index contributed by atoms with van der Waals surface area (Å²) in [6.45, 7) is 4.61. The molecule has 0 amide bonds. The summed E-state index contributed by atoms with van der Waals surface area (Å²) in [5.41, 5.74) is 9.04. The average molecular weight is 273 g/mol. The van der Waals surface area contributed by atoms with Gasteiger partial charge in [-0.2, -0.15) is 4.98 Å². The Morgan fingerprint density at radius 2 is 2.05 bits per heavy atom. The summed E-state index contributed by atoms with van der Waals surface area (Å²) in [6, 6.07) is 7.67. The molecule has 0 unspecified atom stereocenters. The minimum absolute atomic E-state index is 0.229. The minimum Gasteiger partial charge on any atom is -0.496 e. The number of nitrogens with zero attached hydrogens (tertiary/aromatic N) is 2. The quantitative estimate of drug-likeness (QED) is 0.913. The molecule has 0 bridgehead atoms. The van der Waals surface area contributed by atoms with Gasteiger partial charge in [0.2, 0.25) is 0 Å². The molecule has 0 spiro atoms. The smallest absolute Gasteiger partial charge is 0.348 e. The number of rotatable bonds is 4. The number of hydrogen-bond acceptors (Lipinski definition) is 4. The number of benzene rings is 1. The fourth-order valence-corrected chi connectivity index (χ4v) is 2.24. The number of aryl methyl sites for hydroxylation is 2. The van der Waals surface area contributed by atoms with E-state index in [9.17, 15) is 4.79 Å². The van der Waals surface area contributed by atoms with E-state index in [0.717, 1.165) is 28.3 Å². The predicted molar refractivity (Wildman–Crippen MR) is 78.0 cm³/mol. The molecule has 5 heteroatoms. The summed E-state index contributed by atoms with van der Waals surface area (Å²) in [7, 11) is 1.62. The second-order valence-corrected chi connectivity index (χ2v) is 4.76. The maximum atomic E-state index is 11.9. The summed E-state index contributed by atoms with van der Waals surface area (Å²) < 4.78 is 6.89. The molecule has 0 fully saturated rings. The Morgan fingerprint density at radius 3 is 2.65 bits per heavy atom. The molecule has 2 aromatic rings. The van der Waals surface area contributed by atoms with Gasteiger partial charge in [-0.05, 0) is 37.6 Å². The fraction of sp³-hybridized carbons (Fsp3) is 0.333. The fourth-order valence-electron chi connectivity index (χ4n) is 2.24. The lowest BCUT2D eigenvalue weighted by molar-refractivity contribution is 0.409. The number of methoxy groups -OCH3 is 1. The molecule has 2 N–H and O–H groups in total. The van der Waals surface area contributed by atoms with Gasteiger partial charge in [0, 0.05) is 23.5 Å². The normalized spacial score (nSPS) is 10.6. The zero-order chi connectivity index (χ0) is 14.7. The molecule has 2 rings (SSSR count). The van der Waals surface area contributed by atoms with Gasteiger partial charge in [0.25, 0.3) is 0 Å². The van der Waals surface area contributed by atoms with Crippen molar-refractivity contribution < 1.29 is 4.74 Å². The molecule has 0 aliphatic carbocycles. The first-order chi connectivity index (χ1) is 9.55. The molecule has 0 radical (unpaired) electrons. The molecule has 1 aromatic carbocycles. The average Bonchev–Trinajstić information content (AvgIpc) is 2.42. The van der Waals surface area contributed by atoms with E-state index >= 15 is 0 Å². The Bertz CT molecular complexity index is 677. The summed E-state index contributed by atoms with van der Waals surface area (Å²) in [6.07, 6.45) is 0. The van der Waals surface area contributed by atoms with Gasteiger partial charge in [-0.1, -0.05) is 6.07 Å². The molecule has 1 heterocycles. The Balaban J connectivity index is 2.38. The van der Waals surface area contributed by atoms with Crippen molar-refractivity contribution >= 4 is 0 Å². The van der Waals surface area contributed by atoms with Crippen LogP contribution in [0, 0.1) is 13.8 Å². The lowest BCUT2D eigenvalue weighted by Crippen LogP contribution is -2.26. The Kier molecular flexibility index (Phi) is 4.20. The second-order valence-electron chi connectivity index (χ2n) is 4.76. The van der Waals surface area contributed by atoms with Gasteiger partial charge in [0.15, 0.2) is 0 Å². The first-order valence-corrected chi connectivity index (χ1v) is 6.46. The van der Waals surface area contributed by atoms with Crippen LogP contribution < -0.4 is 16.2 Å². The Hall–Kier alpha value is -2.14. The highest BCUT2D eigenvalue weighted by molar-refractivity contribution is 5.37. The second kappa shape index (κ2) is 5.88. The van der Waals surface area contributed by atoms with Crippen LogP contribution in [0.25, 0.3) is 0 Å². The van der Waals surface area contributed by atoms with Crippen LogP contribution in [0.5, 0.6) is 5.75 Å². The van der Waals surface area contributed by atoms with Gasteiger partial charge in [-0.15, -0.1) is 0 Å². The van der Waals surface area contributed by atoms with Crippen LogP contribution in [0.15, 0.2) is 29.1 Å². The molecule has 5 nitrogen and oxygen atoms in total. The molecule has 0 atom stereocenters. The number of nitrogens with two attached hydrogens (primary N) is 1. The molecule has 20 heavy (non-hydrogen) atoms. The predicted octanol–water partition coefficient (Wildman–Crippen LogP) is 1.38. The van der Waals surface area contributed by atoms with Crippen LogP contribution >= 0.6 is 0 Å². The topological polar surface area (TPSA) is 70.1 Å². The van der Waals surface area contributed by atoms with Crippen molar-refractivity contribution in [3.05, 3.63) is 57.3 Å². The van der Waals surface area contributed by atoms with Crippen LogP contribution in [-0.4, -0.2) is 16.7 Å². The van der Waals surface area contributed by atoms with Gasteiger partial charge < -0.3 is 10.5 Å². The van der Waals surface area contributed by atoms with E-state index < -0.39 is 0 Å². The van der Waals surface area contributed by atoms with Crippen LogP contribution in [0.1, 0.15) is 22.5 Å². The highest BCUT2D eigenvalue weighted by Crippen LogP contribution is 2.19. The third kappa shape index (κ3) is 2.88. The van der Waals surface area contributed by atoms with Crippen LogP contribution in [-0.2, 0) is 13.1 Å². The highest BCUT2D eigenvalue weighted by atomic mass is 16.5. The Labute approximate surface area is 118 Å². The van der Waals surface area contributed by atoms with Crippen molar-refractivity contribution in [3.63, 3.8) is 0 Å². The molecule has 0 saturated heterocycles. The zero-order valence-corrected chi connectivity index (χ0v) is 12.0. The summed E-state index contributed by atoms with van der Waals surface area (Å²) in [5.74, 6) is 0.766. The first-order valence-electron chi connectivity index (χ1n) is 6.46. The van der Waals surface area contributed by atoms with E-state index in [4.69, 9.17) is 10.5 Å². The number of aromatic nitrogens is 2. The van der Waals surface area contributed by atoms with E-state index in [-0.39, 0.29) is 5.69 Å². The molecular formula is C15H19N3O2. The Morgan fingerprint density at radius 1 is 1.30 bits per heavy atom. The monoisotopic (exact) mass is 273 g/mol. The van der Waals surface area contributed by atoms with Crippen molar-refractivity contribution in [1.29, 1.82) is 0 Å². The van der Waals surface area contributed by atoms with Crippen LogP contribution in [0.4, 0.5) is 0 Å². The molecule has 106 valence electrons. The minimum atomic E-state index is -0.229. The van der Waals surface area contributed by atoms with Crippen molar-refractivity contribution in [3.8, 4) is 5.75 Å². The molecule has 0 aliphatic heterocycles. The van der Waals surface area contributed by atoms with Gasteiger partial charge >= 0.3 is 5.69 Å². The molecule has 0 aliphatic rings. The maximum absolute atomic E-state index is 11.9. The number of ether oxygens (including phenoxy) is 1. The molecular weight excluding hydrogens is 254 g/mol. The summed E-state index contributed by atoms with van der Waals surface area (Å²) >= 11 is 0. The van der Waals surface area contributed by atoms with Crippen LogP contribution in [0.2, 0.25) is 0 Å². The van der Waals surface area contributed by atoms with E-state index in [1.165, 1.54) is 0 Å². The van der Waals surface area contributed by atoms with Gasteiger partial charge in [0.05, 0.1) is 13.7 Å². The van der Waals surface area contributed by atoms with Crippen molar-refractivity contribution in [1.82, 2.24) is 9.55 Å². The third-order valence-corrected chi connectivity index (χ3v) is 3.25. The summed E-state index contributed by atoms with van der Waals surface area (Å²) in [4.78, 5) is 15.9.